The number of ether oxygens (including phenoxy) is 1. The van der Waals surface area contributed by atoms with Crippen LogP contribution in [0.2, 0.25) is 5.02 Å². The van der Waals surface area contributed by atoms with Crippen LogP contribution in [0.15, 0.2) is 24.3 Å². The largest absolute Gasteiger partial charge is 0.493 e. The second-order valence-corrected chi connectivity index (χ2v) is 6.02. The van der Waals surface area contributed by atoms with E-state index in [-0.39, 0.29) is 12.0 Å². The molecule has 2 rings (SSSR count). The number of nitrogens with zero attached hydrogens (tertiary/aromatic N) is 2. The summed E-state index contributed by atoms with van der Waals surface area (Å²) in [5, 5.41) is 10.00. The Labute approximate surface area is 136 Å². The maximum absolute atomic E-state index is 12.1. The molecule has 122 valence electrons. The molecular formula is C16H23ClN2O3. The normalized spacial score (nSPS) is 17.3. The van der Waals surface area contributed by atoms with E-state index in [0.717, 1.165) is 13.1 Å². The van der Waals surface area contributed by atoms with Gasteiger partial charge < -0.3 is 14.7 Å². The molecule has 0 aliphatic carbocycles. The summed E-state index contributed by atoms with van der Waals surface area (Å²) in [6, 6.07) is 7.17. The van der Waals surface area contributed by atoms with Crippen LogP contribution in [0.1, 0.15) is 13.3 Å². The Morgan fingerprint density at radius 3 is 2.73 bits per heavy atom. The van der Waals surface area contributed by atoms with E-state index >= 15 is 0 Å². The smallest absolute Gasteiger partial charge is 0.226 e. The number of β-amino-alcohol motifs (C(OH)–C–C–N with tert-alkyl or cyclic N) is 1. The van der Waals surface area contributed by atoms with Gasteiger partial charge in [0, 0.05) is 37.7 Å². The SMILES string of the molecule is C[C@H](O)CN1CCN(C(=O)CCOc2cccc(Cl)c2)CC1. The van der Waals surface area contributed by atoms with Crippen LogP contribution in [-0.2, 0) is 4.79 Å². The highest BCUT2D eigenvalue weighted by molar-refractivity contribution is 6.30. The molecule has 0 unspecified atom stereocenters. The first-order valence-corrected chi connectivity index (χ1v) is 7.99. The molecule has 1 atom stereocenters. The second kappa shape index (κ2) is 8.36. The van der Waals surface area contributed by atoms with E-state index in [2.05, 4.69) is 4.90 Å². The van der Waals surface area contributed by atoms with Gasteiger partial charge in [-0.05, 0) is 25.1 Å². The highest BCUT2D eigenvalue weighted by Gasteiger charge is 2.21. The lowest BCUT2D eigenvalue weighted by atomic mass is 10.2. The van der Waals surface area contributed by atoms with E-state index in [9.17, 15) is 9.90 Å². The molecular weight excluding hydrogens is 304 g/mol. The van der Waals surface area contributed by atoms with Gasteiger partial charge in [0.15, 0.2) is 0 Å². The van der Waals surface area contributed by atoms with E-state index in [4.69, 9.17) is 16.3 Å². The van der Waals surface area contributed by atoms with Crippen LogP contribution in [0.5, 0.6) is 5.75 Å². The van der Waals surface area contributed by atoms with Gasteiger partial charge in [-0.1, -0.05) is 17.7 Å². The van der Waals surface area contributed by atoms with Gasteiger partial charge in [0.1, 0.15) is 5.75 Å². The second-order valence-electron chi connectivity index (χ2n) is 5.59. The maximum atomic E-state index is 12.1. The first-order valence-electron chi connectivity index (χ1n) is 7.61. The van der Waals surface area contributed by atoms with Crippen molar-refractivity contribution in [3.05, 3.63) is 29.3 Å². The zero-order valence-electron chi connectivity index (χ0n) is 12.9. The molecule has 0 spiro atoms. The summed E-state index contributed by atoms with van der Waals surface area (Å²) in [7, 11) is 0. The number of halogens is 1. The van der Waals surface area contributed by atoms with E-state index in [0.29, 0.717) is 43.4 Å². The number of hydrogen-bond acceptors (Lipinski definition) is 4. The van der Waals surface area contributed by atoms with Gasteiger partial charge in [0.25, 0.3) is 0 Å². The molecule has 1 amide bonds. The van der Waals surface area contributed by atoms with Gasteiger partial charge in [-0.25, -0.2) is 0 Å². The monoisotopic (exact) mass is 326 g/mol. The van der Waals surface area contributed by atoms with Crippen molar-refractivity contribution < 1.29 is 14.6 Å². The van der Waals surface area contributed by atoms with Gasteiger partial charge in [-0.2, -0.15) is 0 Å². The summed E-state index contributed by atoms with van der Waals surface area (Å²) in [5.74, 6) is 0.792. The van der Waals surface area contributed by atoms with Crippen LogP contribution in [0, 0.1) is 0 Å². The highest BCUT2D eigenvalue weighted by atomic mass is 35.5. The number of benzene rings is 1. The Morgan fingerprint density at radius 1 is 1.36 bits per heavy atom. The predicted molar refractivity (Wildman–Crippen MR) is 86.3 cm³/mol. The van der Waals surface area contributed by atoms with Crippen LogP contribution < -0.4 is 4.74 Å². The Bertz CT molecular complexity index is 488. The number of carbonyl (C=O) groups excluding carboxylic acids is 1. The van der Waals surface area contributed by atoms with Crippen LogP contribution >= 0.6 is 11.6 Å². The molecule has 1 saturated heterocycles. The molecule has 1 N–H and O–H groups in total. The number of carbonyl (C=O) groups is 1. The topological polar surface area (TPSA) is 53.0 Å². The summed E-state index contributed by atoms with van der Waals surface area (Å²) < 4.78 is 5.55. The van der Waals surface area contributed by atoms with Crippen molar-refractivity contribution in [1.29, 1.82) is 0 Å². The molecule has 1 heterocycles. The molecule has 0 saturated carbocycles. The molecule has 1 fully saturated rings. The fourth-order valence-corrected chi connectivity index (χ4v) is 2.70. The number of piperazine rings is 1. The standard InChI is InChI=1S/C16H23ClN2O3/c1-13(20)12-18-6-8-19(9-7-18)16(21)5-10-22-15-4-2-3-14(17)11-15/h2-4,11,13,20H,5-10,12H2,1H3/t13-/m0/s1. The fourth-order valence-electron chi connectivity index (χ4n) is 2.52. The summed E-state index contributed by atoms with van der Waals surface area (Å²) in [6.45, 7) is 5.85. The molecule has 1 aliphatic rings. The highest BCUT2D eigenvalue weighted by Crippen LogP contribution is 2.17. The summed E-state index contributed by atoms with van der Waals surface area (Å²) in [6.07, 6.45) is 0.0384. The lowest BCUT2D eigenvalue weighted by Crippen LogP contribution is -2.50. The average molecular weight is 327 g/mol. The van der Waals surface area contributed by atoms with Crippen molar-refractivity contribution in [2.75, 3.05) is 39.3 Å². The van der Waals surface area contributed by atoms with Gasteiger partial charge in [-0.3, -0.25) is 9.69 Å². The Hall–Kier alpha value is -1.30. The van der Waals surface area contributed by atoms with Crippen molar-refractivity contribution in [1.82, 2.24) is 9.80 Å². The minimum absolute atomic E-state index is 0.110. The average Bonchev–Trinajstić information content (AvgIpc) is 2.47. The Morgan fingerprint density at radius 2 is 2.09 bits per heavy atom. The molecule has 22 heavy (non-hydrogen) atoms. The number of aliphatic hydroxyl groups excluding tert-OH is 1. The number of hydrogen-bond donors (Lipinski definition) is 1. The van der Waals surface area contributed by atoms with E-state index in [1.807, 2.05) is 17.0 Å². The van der Waals surface area contributed by atoms with Gasteiger partial charge in [0.2, 0.25) is 5.91 Å². The van der Waals surface area contributed by atoms with Gasteiger partial charge >= 0.3 is 0 Å². The van der Waals surface area contributed by atoms with E-state index in [1.165, 1.54) is 0 Å². The van der Waals surface area contributed by atoms with Crippen molar-refractivity contribution in [2.24, 2.45) is 0 Å². The van der Waals surface area contributed by atoms with Crippen LogP contribution in [0.25, 0.3) is 0 Å². The molecule has 0 radical (unpaired) electrons. The van der Waals surface area contributed by atoms with Crippen LogP contribution in [-0.4, -0.2) is 66.2 Å². The zero-order chi connectivity index (χ0) is 15.9. The summed E-state index contributed by atoms with van der Waals surface area (Å²) in [5.41, 5.74) is 0. The third-order valence-electron chi connectivity index (χ3n) is 3.63. The third-order valence-corrected chi connectivity index (χ3v) is 3.86. The first kappa shape index (κ1) is 17.1. The van der Waals surface area contributed by atoms with Crippen molar-refractivity contribution in [3.8, 4) is 5.75 Å². The molecule has 1 aromatic rings. The lowest BCUT2D eigenvalue weighted by molar-refractivity contribution is -0.133. The van der Waals surface area contributed by atoms with E-state index in [1.54, 1.807) is 19.1 Å². The lowest BCUT2D eigenvalue weighted by Gasteiger charge is -2.35. The number of rotatable bonds is 6. The first-order chi connectivity index (χ1) is 10.5. The number of aliphatic hydroxyl groups is 1. The molecule has 1 aromatic carbocycles. The maximum Gasteiger partial charge on any atom is 0.226 e. The van der Waals surface area contributed by atoms with Crippen molar-refractivity contribution in [2.45, 2.75) is 19.4 Å². The van der Waals surface area contributed by atoms with Crippen molar-refractivity contribution >= 4 is 17.5 Å². The summed E-state index contributed by atoms with van der Waals surface area (Å²) >= 11 is 5.88. The van der Waals surface area contributed by atoms with Crippen molar-refractivity contribution in [3.63, 3.8) is 0 Å². The molecule has 0 aromatic heterocycles. The van der Waals surface area contributed by atoms with Gasteiger partial charge in [0.05, 0.1) is 19.1 Å². The van der Waals surface area contributed by atoms with Crippen LogP contribution in [0.4, 0.5) is 0 Å². The fraction of sp³-hybridized carbons (Fsp3) is 0.562. The predicted octanol–water partition coefficient (Wildman–Crippen LogP) is 1.63. The minimum atomic E-state index is -0.326. The molecule has 1 aliphatic heterocycles. The van der Waals surface area contributed by atoms with E-state index < -0.39 is 0 Å². The molecule has 5 nitrogen and oxygen atoms in total. The zero-order valence-corrected chi connectivity index (χ0v) is 13.6. The van der Waals surface area contributed by atoms with Crippen LogP contribution in [0.3, 0.4) is 0 Å². The molecule has 0 bridgehead atoms. The Balaban J connectivity index is 1.68. The quantitative estimate of drug-likeness (QED) is 0.863. The Kier molecular flexibility index (Phi) is 6.49. The van der Waals surface area contributed by atoms with Gasteiger partial charge in [-0.15, -0.1) is 0 Å². The minimum Gasteiger partial charge on any atom is -0.493 e. The number of amides is 1. The summed E-state index contributed by atoms with van der Waals surface area (Å²) in [4.78, 5) is 16.2. The third kappa shape index (κ3) is 5.48. The molecule has 6 heteroatoms.